The number of amides is 1. The van der Waals surface area contributed by atoms with Gasteiger partial charge in [0.1, 0.15) is 5.75 Å². The van der Waals surface area contributed by atoms with E-state index >= 15 is 0 Å². The summed E-state index contributed by atoms with van der Waals surface area (Å²) in [4.78, 5) is 13.8. The first-order chi connectivity index (χ1) is 10.2. The molecule has 2 rings (SSSR count). The van der Waals surface area contributed by atoms with Gasteiger partial charge in [0.05, 0.1) is 20.3 Å². The average molecular weight is 306 g/mol. The van der Waals surface area contributed by atoms with Gasteiger partial charge in [-0.15, -0.1) is 0 Å². The molecule has 1 aromatic rings. The van der Waals surface area contributed by atoms with Crippen molar-refractivity contribution in [2.75, 3.05) is 33.4 Å². The van der Waals surface area contributed by atoms with Crippen LogP contribution >= 0.6 is 12.2 Å². The van der Waals surface area contributed by atoms with Crippen LogP contribution < -0.4 is 10.1 Å². The van der Waals surface area contributed by atoms with Crippen LogP contribution in [0.3, 0.4) is 0 Å². The Kier molecular flexibility index (Phi) is 5.71. The number of thiocarbonyl (C=S) groups is 1. The number of hydrogen-bond acceptors (Lipinski definition) is 4. The molecule has 1 amide bonds. The Morgan fingerprint density at radius 3 is 2.81 bits per heavy atom. The highest BCUT2D eigenvalue weighted by atomic mass is 32.1. The lowest BCUT2D eigenvalue weighted by Gasteiger charge is -2.28. The number of ether oxygens (including phenoxy) is 2. The Morgan fingerprint density at radius 1 is 1.38 bits per heavy atom. The van der Waals surface area contributed by atoms with Crippen molar-refractivity contribution in [1.29, 1.82) is 0 Å². The molecule has 21 heavy (non-hydrogen) atoms. The zero-order valence-corrected chi connectivity index (χ0v) is 12.7. The zero-order valence-electron chi connectivity index (χ0n) is 11.9. The predicted molar refractivity (Wildman–Crippen MR) is 85.2 cm³/mol. The van der Waals surface area contributed by atoms with Crippen molar-refractivity contribution in [3.63, 3.8) is 0 Å². The first kappa shape index (κ1) is 15.5. The Bertz CT molecular complexity index is 539. The highest BCUT2D eigenvalue weighted by Gasteiger charge is 2.14. The zero-order chi connectivity index (χ0) is 15.1. The second-order valence-corrected chi connectivity index (χ2v) is 4.86. The summed E-state index contributed by atoms with van der Waals surface area (Å²) in [7, 11) is 1.60. The molecule has 0 saturated carbocycles. The minimum absolute atomic E-state index is 0.252. The largest absolute Gasteiger partial charge is 0.496 e. The minimum Gasteiger partial charge on any atom is -0.496 e. The number of nitrogens with zero attached hydrogens (tertiary/aromatic N) is 1. The van der Waals surface area contributed by atoms with E-state index in [1.54, 1.807) is 13.2 Å². The number of carbonyl (C=O) groups is 1. The number of rotatable bonds is 3. The molecule has 1 aliphatic rings. The maximum Gasteiger partial charge on any atom is 0.250 e. The minimum atomic E-state index is -0.252. The molecule has 1 fully saturated rings. The van der Waals surface area contributed by atoms with Gasteiger partial charge >= 0.3 is 0 Å². The van der Waals surface area contributed by atoms with Gasteiger partial charge in [-0.05, 0) is 24.4 Å². The lowest BCUT2D eigenvalue weighted by molar-refractivity contribution is -0.115. The van der Waals surface area contributed by atoms with Gasteiger partial charge in [-0.3, -0.25) is 10.1 Å². The monoisotopic (exact) mass is 306 g/mol. The first-order valence-electron chi connectivity index (χ1n) is 6.69. The van der Waals surface area contributed by atoms with E-state index in [9.17, 15) is 4.79 Å². The Morgan fingerprint density at radius 2 is 2.10 bits per heavy atom. The second kappa shape index (κ2) is 7.75. The fourth-order valence-electron chi connectivity index (χ4n) is 1.96. The summed E-state index contributed by atoms with van der Waals surface area (Å²) in [6, 6.07) is 7.49. The maximum absolute atomic E-state index is 11.9. The van der Waals surface area contributed by atoms with Crippen LogP contribution in [0.4, 0.5) is 0 Å². The van der Waals surface area contributed by atoms with Crippen LogP contribution in [-0.4, -0.2) is 49.3 Å². The maximum atomic E-state index is 11.9. The van der Waals surface area contributed by atoms with Gasteiger partial charge in [-0.25, -0.2) is 0 Å². The number of methoxy groups -OCH3 is 1. The van der Waals surface area contributed by atoms with E-state index in [1.165, 1.54) is 6.08 Å². The van der Waals surface area contributed by atoms with Crippen molar-refractivity contribution < 1.29 is 14.3 Å². The van der Waals surface area contributed by atoms with E-state index in [4.69, 9.17) is 21.7 Å². The van der Waals surface area contributed by atoms with Crippen LogP contribution in [0.5, 0.6) is 5.75 Å². The van der Waals surface area contributed by atoms with Crippen LogP contribution in [-0.2, 0) is 9.53 Å². The lowest BCUT2D eigenvalue weighted by Crippen LogP contribution is -2.47. The van der Waals surface area contributed by atoms with Crippen molar-refractivity contribution in [3.8, 4) is 5.75 Å². The molecule has 112 valence electrons. The van der Waals surface area contributed by atoms with Crippen LogP contribution in [0.15, 0.2) is 30.3 Å². The summed E-state index contributed by atoms with van der Waals surface area (Å²) in [6.07, 6.45) is 3.15. The van der Waals surface area contributed by atoms with E-state index in [-0.39, 0.29) is 5.91 Å². The van der Waals surface area contributed by atoms with Gasteiger partial charge in [-0.1, -0.05) is 18.2 Å². The predicted octanol–water partition coefficient (Wildman–Crippen LogP) is 1.44. The number of para-hydroxylation sites is 1. The molecule has 1 N–H and O–H groups in total. The molecule has 0 bridgehead atoms. The third-order valence-corrected chi connectivity index (χ3v) is 3.44. The smallest absolute Gasteiger partial charge is 0.250 e. The fraction of sp³-hybridized carbons (Fsp3) is 0.333. The summed E-state index contributed by atoms with van der Waals surface area (Å²) >= 11 is 5.21. The summed E-state index contributed by atoms with van der Waals surface area (Å²) in [5.74, 6) is 0.467. The van der Waals surface area contributed by atoms with Crippen molar-refractivity contribution in [2.45, 2.75) is 0 Å². The SMILES string of the molecule is COc1ccccc1C=CC(=O)NC(=S)N1CCOCC1. The molecule has 5 nitrogen and oxygen atoms in total. The molecule has 0 aliphatic carbocycles. The quantitative estimate of drug-likeness (QED) is 0.676. The molecule has 0 radical (unpaired) electrons. The van der Waals surface area contributed by atoms with Crippen LogP contribution in [0.2, 0.25) is 0 Å². The average Bonchev–Trinajstić information content (AvgIpc) is 2.54. The lowest BCUT2D eigenvalue weighted by atomic mass is 10.2. The number of nitrogens with one attached hydrogen (secondary N) is 1. The summed E-state index contributed by atoms with van der Waals surface area (Å²) in [6.45, 7) is 2.67. The van der Waals surface area contributed by atoms with E-state index in [0.29, 0.717) is 31.4 Å². The van der Waals surface area contributed by atoms with Gasteiger partial charge in [0.2, 0.25) is 5.91 Å². The Labute approximate surface area is 129 Å². The topological polar surface area (TPSA) is 50.8 Å². The van der Waals surface area contributed by atoms with Gasteiger partial charge in [0.25, 0.3) is 0 Å². The second-order valence-electron chi connectivity index (χ2n) is 4.47. The van der Waals surface area contributed by atoms with Crippen LogP contribution in [0.25, 0.3) is 6.08 Å². The summed E-state index contributed by atoms with van der Waals surface area (Å²) in [5, 5.41) is 3.13. The molecule has 1 heterocycles. The first-order valence-corrected chi connectivity index (χ1v) is 7.10. The van der Waals surface area contributed by atoms with Gasteiger partial charge in [0.15, 0.2) is 5.11 Å². The molecular formula is C15H18N2O3S. The summed E-state index contributed by atoms with van der Waals surface area (Å²) < 4.78 is 10.5. The van der Waals surface area contributed by atoms with Crippen LogP contribution in [0, 0.1) is 0 Å². The van der Waals surface area contributed by atoms with E-state index in [2.05, 4.69) is 5.32 Å². The number of benzene rings is 1. The molecule has 6 heteroatoms. The molecular weight excluding hydrogens is 288 g/mol. The highest BCUT2D eigenvalue weighted by molar-refractivity contribution is 7.80. The fourth-order valence-corrected chi connectivity index (χ4v) is 2.25. The van der Waals surface area contributed by atoms with Crippen molar-refractivity contribution in [3.05, 3.63) is 35.9 Å². The van der Waals surface area contributed by atoms with Crippen molar-refractivity contribution >= 4 is 29.3 Å². The van der Waals surface area contributed by atoms with Gasteiger partial charge < -0.3 is 14.4 Å². The molecule has 0 aromatic heterocycles. The Balaban J connectivity index is 1.91. The number of morpholine rings is 1. The number of carbonyl (C=O) groups excluding carboxylic acids is 1. The third-order valence-electron chi connectivity index (χ3n) is 3.08. The standard InChI is InChI=1S/C15H18N2O3S/c1-19-13-5-3-2-4-12(13)6-7-14(18)16-15(21)17-8-10-20-11-9-17/h2-7H,8-11H2,1H3,(H,16,18,21). The molecule has 1 aromatic carbocycles. The molecule has 1 saturated heterocycles. The van der Waals surface area contributed by atoms with E-state index in [1.807, 2.05) is 29.2 Å². The van der Waals surface area contributed by atoms with Gasteiger partial charge in [-0.2, -0.15) is 0 Å². The highest BCUT2D eigenvalue weighted by Crippen LogP contribution is 2.18. The van der Waals surface area contributed by atoms with E-state index in [0.717, 1.165) is 11.3 Å². The normalized spacial score (nSPS) is 15.0. The molecule has 1 aliphatic heterocycles. The van der Waals surface area contributed by atoms with Crippen molar-refractivity contribution in [2.24, 2.45) is 0 Å². The van der Waals surface area contributed by atoms with Crippen LogP contribution in [0.1, 0.15) is 5.56 Å². The number of hydrogen-bond donors (Lipinski definition) is 1. The molecule has 0 atom stereocenters. The van der Waals surface area contributed by atoms with Gasteiger partial charge in [0, 0.05) is 24.7 Å². The third kappa shape index (κ3) is 4.54. The summed E-state index contributed by atoms with van der Waals surface area (Å²) in [5.41, 5.74) is 0.840. The molecule has 0 spiro atoms. The van der Waals surface area contributed by atoms with Crippen molar-refractivity contribution in [1.82, 2.24) is 10.2 Å². The molecule has 0 unspecified atom stereocenters. The van der Waals surface area contributed by atoms with E-state index < -0.39 is 0 Å². The Hall–Kier alpha value is -1.92.